The molecule has 1 amide bonds. The number of fused-ring (bicyclic) bond motifs is 1. The Balaban J connectivity index is 2.79. The second kappa shape index (κ2) is 5.56. The van der Waals surface area contributed by atoms with Gasteiger partial charge in [-0.25, -0.2) is 0 Å². The van der Waals surface area contributed by atoms with Gasteiger partial charge in [0.1, 0.15) is 6.07 Å². The van der Waals surface area contributed by atoms with Gasteiger partial charge in [0, 0.05) is 0 Å². The van der Waals surface area contributed by atoms with Gasteiger partial charge in [-0.3, -0.25) is 4.79 Å². The number of alkyl halides is 3. The zero-order valence-electron chi connectivity index (χ0n) is 11.5. The second-order valence-corrected chi connectivity index (χ2v) is 4.63. The summed E-state index contributed by atoms with van der Waals surface area (Å²) in [6, 6.07) is 8.30. The van der Waals surface area contributed by atoms with E-state index in [1.807, 2.05) is 0 Å². The number of nitrogens with two attached hydrogens (primary N) is 1. The molecule has 0 fully saturated rings. The van der Waals surface area contributed by atoms with Gasteiger partial charge in [0.2, 0.25) is 0 Å². The highest BCUT2D eigenvalue weighted by atomic mass is 19.4. The lowest BCUT2D eigenvalue weighted by Gasteiger charge is -2.17. The van der Waals surface area contributed by atoms with Crippen LogP contribution in [0.4, 0.5) is 13.2 Å². The molecule has 0 atom stereocenters. The number of hydrogen-bond donors (Lipinski definition) is 1. The van der Waals surface area contributed by atoms with Crippen LogP contribution in [0.3, 0.4) is 0 Å². The molecule has 2 N–H and O–H groups in total. The van der Waals surface area contributed by atoms with Gasteiger partial charge in [0.05, 0.1) is 11.1 Å². The minimum Gasteiger partial charge on any atom is -0.482 e. The molecular formula is C15H11F3N2O2. The fourth-order valence-corrected chi connectivity index (χ4v) is 2.26. The highest BCUT2D eigenvalue weighted by Crippen LogP contribution is 2.36. The number of halogens is 3. The normalized spacial score (nSPS) is 11.2. The molecule has 0 unspecified atom stereocenters. The Morgan fingerprint density at radius 3 is 2.41 bits per heavy atom. The number of carbonyl (C=O) groups excluding carboxylic acids is 1. The summed E-state index contributed by atoms with van der Waals surface area (Å²) < 4.78 is 41.9. The van der Waals surface area contributed by atoms with E-state index in [1.54, 1.807) is 37.3 Å². The Labute approximate surface area is 123 Å². The zero-order valence-corrected chi connectivity index (χ0v) is 11.5. The molecule has 0 aromatic heterocycles. The molecule has 114 valence electrons. The van der Waals surface area contributed by atoms with Crippen LogP contribution >= 0.6 is 0 Å². The van der Waals surface area contributed by atoms with Gasteiger partial charge in [-0.1, -0.05) is 24.3 Å². The first-order valence-electron chi connectivity index (χ1n) is 6.21. The van der Waals surface area contributed by atoms with Gasteiger partial charge >= 0.3 is 6.18 Å². The third kappa shape index (κ3) is 2.81. The van der Waals surface area contributed by atoms with E-state index in [0.717, 1.165) is 0 Å². The van der Waals surface area contributed by atoms with Crippen molar-refractivity contribution in [2.75, 3.05) is 6.61 Å². The maximum atomic E-state index is 12.4. The summed E-state index contributed by atoms with van der Waals surface area (Å²) in [6.45, 7) is -0.0359. The number of primary amides is 1. The molecule has 2 rings (SSSR count). The number of ether oxygens (including phenoxy) is 1. The van der Waals surface area contributed by atoms with Crippen molar-refractivity contribution in [2.24, 2.45) is 5.73 Å². The van der Waals surface area contributed by atoms with Gasteiger partial charge in [-0.05, 0) is 23.3 Å². The molecule has 7 heteroatoms. The lowest BCUT2D eigenvalue weighted by atomic mass is 9.94. The molecule has 0 aliphatic heterocycles. The first-order valence-corrected chi connectivity index (χ1v) is 6.21. The molecule has 22 heavy (non-hydrogen) atoms. The van der Waals surface area contributed by atoms with E-state index in [2.05, 4.69) is 0 Å². The van der Waals surface area contributed by atoms with E-state index in [-0.39, 0.29) is 11.1 Å². The number of nitriles is 1. The minimum absolute atomic E-state index is 0.128. The van der Waals surface area contributed by atoms with Crippen LogP contribution < -0.4 is 10.5 Å². The lowest BCUT2D eigenvalue weighted by molar-refractivity contribution is -0.153. The standard InChI is InChI=1S/C15H11F3N2O2/c1-8-9-4-2-3-5-10(9)12(14(20)21)13(11(8)6-19)22-7-15(16,17)18/h2-5H,7H2,1H3,(H2,20,21). The summed E-state index contributed by atoms with van der Waals surface area (Å²) >= 11 is 0. The molecule has 2 aromatic rings. The number of amides is 1. The Morgan fingerprint density at radius 1 is 1.32 bits per heavy atom. The topological polar surface area (TPSA) is 76.1 Å². The van der Waals surface area contributed by atoms with Gasteiger partial charge < -0.3 is 10.5 Å². The predicted octanol–water partition coefficient (Wildman–Crippen LogP) is 3.06. The van der Waals surface area contributed by atoms with Crippen molar-refractivity contribution < 1.29 is 22.7 Å². The molecule has 0 saturated heterocycles. The molecule has 2 aromatic carbocycles. The molecule has 0 aliphatic rings. The number of nitrogens with zero attached hydrogens (tertiary/aromatic N) is 1. The summed E-state index contributed by atoms with van der Waals surface area (Å²) in [7, 11) is 0. The maximum absolute atomic E-state index is 12.4. The highest BCUT2D eigenvalue weighted by molar-refractivity contribution is 6.10. The van der Waals surface area contributed by atoms with Gasteiger partial charge in [-0.2, -0.15) is 18.4 Å². The number of benzene rings is 2. The molecule has 0 heterocycles. The lowest BCUT2D eigenvalue weighted by Crippen LogP contribution is -2.22. The Kier molecular flexibility index (Phi) is 3.95. The van der Waals surface area contributed by atoms with Crippen molar-refractivity contribution in [1.82, 2.24) is 0 Å². The van der Waals surface area contributed by atoms with E-state index in [0.29, 0.717) is 16.3 Å². The minimum atomic E-state index is -4.60. The molecule has 0 saturated carbocycles. The quantitative estimate of drug-likeness (QED) is 0.946. The monoisotopic (exact) mass is 308 g/mol. The molecule has 0 bridgehead atoms. The van der Waals surface area contributed by atoms with Crippen LogP contribution in [-0.2, 0) is 0 Å². The van der Waals surface area contributed by atoms with E-state index < -0.39 is 24.4 Å². The van der Waals surface area contributed by atoms with E-state index in [4.69, 9.17) is 10.5 Å². The van der Waals surface area contributed by atoms with Gasteiger partial charge in [0.25, 0.3) is 5.91 Å². The van der Waals surface area contributed by atoms with Crippen molar-refractivity contribution in [3.8, 4) is 11.8 Å². The van der Waals surface area contributed by atoms with E-state index in [1.165, 1.54) is 0 Å². The molecular weight excluding hydrogens is 297 g/mol. The van der Waals surface area contributed by atoms with Crippen molar-refractivity contribution in [3.63, 3.8) is 0 Å². The van der Waals surface area contributed by atoms with Crippen molar-refractivity contribution in [3.05, 3.63) is 41.0 Å². The molecule has 0 aliphatic carbocycles. The Bertz CT molecular complexity index is 792. The maximum Gasteiger partial charge on any atom is 0.422 e. The molecule has 0 spiro atoms. The zero-order chi connectivity index (χ0) is 16.5. The second-order valence-electron chi connectivity index (χ2n) is 4.63. The number of rotatable bonds is 3. The summed E-state index contributed by atoms with van der Waals surface area (Å²) in [6.07, 6.45) is -4.60. The summed E-state index contributed by atoms with van der Waals surface area (Å²) in [5.41, 5.74) is 5.37. The Morgan fingerprint density at radius 2 is 1.91 bits per heavy atom. The van der Waals surface area contributed by atoms with Crippen LogP contribution in [0.15, 0.2) is 24.3 Å². The fourth-order valence-electron chi connectivity index (χ4n) is 2.26. The first-order chi connectivity index (χ1) is 10.3. The third-order valence-corrected chi connectivity index (χ3v) is 3.17. The summed E-state index contributed by atoms with van der Waals surface area (Å²) in [5, 5.41) is 10.1. The Hall–Kier alpha value is -2.75. The van der Waals surface area contributed by atoms with Crippen molar-refractivity contribution >= 4 is 16.7 Å². The van der Waals surface area contributed by atoms with Crippen LogP contribution in [0.1, 0.15) is 21.5 Å². The molecule has 4 nitrogen and oxygen atoms in total. The smallest absolute Gasteiger partial charge is 0.422 e. The summed E-state index contributed by atoms with van der Waals surface area (Å²) in [4.78, 5) is 11.7. The number of carbonyl (C=O) groups is 1. The SMILES string of the molecule is Cc1c(C#N)c(OCC(F)(F)F)c(C(N)=O)c2ccccc12. The van der Waals surface area contributed by atoms with Crippen LogP contribution in [0, 0.1) is 18.3 Å². The largest absolute Gasteiger partial charge is 0.482 e. The van der Waals surface area contributed by atoms with E-state index >= 15 is 0 Å². The average Bonchev–Trinajstić information content (AvgIpc) is 2.44. The molecule has 0 radical (unpaired) electrons. The van der Waals surface area contributed by atoms with Gasteiger partial charge in [-0.15, -0.1) is 0 Å². The van der Waals surface area contributed by atoms with Crippen LogP contribution in [-0.4, -0.2) is 18.7 Å². The van der Waals surface area contributed by atoms with Gasteiger partial charge in [0.15, 0.2) is 12.4 Å². The third-order valence-electron chi connectivity index (χ3n) is 3.17. The van der Waals surface area contributed by atoms with Crippen LogP contribution in [0.5, 0.6) is 5.75 Å². The van der Waals surface area contributed by atoms with E-state index in [9.17, 15) is 23.2 Å². The average molecular weight is 308 g/mol. The predicted molar refractivity (Wildman–Crippen MR) is 73.5 cm³/mol. The van der Waals surface area contributed by atoms with Crippen LogP contribution in [0.2, 0.25) is 0 Å². The fraction of sp³-hybridized carbons (Fsp3) is 0.200. The number of aryl methyl sites for hydroxylation is 1. The number of hydrogen-bond acceptors (Lipinski definition) is 3. The van der Waals surface area contributed by atoms with Crippen LogP contribution in [0.25, 0.3) is 10.8 Å². The highest BCUT2D eigenvalue weighted by Gasteiger charge is 2.31. The first kappa shape index (κ1) is 15.6. The summed E-state index contributed by atoms with van der Waals surface area (Å²) in [5.74, 6) is -1.38. The van der Waals surface area contributed by atoms with Crippen molar-refractivity contribution in [1.29, 1.82) is 5.26 Å². The van der Waals surface area contributed by atoms with Crippen molar-refractivity contribution in [2.45, 2.75) is 13.1 Å².